The van der Waals surface area contributed by atoms with Gasteiger partial charge in [0.1, 0.15) is 0 Å². The molecular formula is C31H39N3O4S. The normalized spacial score (nSPS) is 25.5. The third kappa shape index (κ3) is 5.78. The van der Waals surface area contributed by atoms with Crippen LogP contribution < -0.4 is 0 Å². The third-order valence-corrected chi connectivity index (χ3v) is 10.6. The zero-order valence-electron chi connectivity index (χ0n) is 22.8. The van der Waals surface area contributed by atoms with E-state index in [0.717, 1.165) is 70.5 Å². The number of nitrogens with zero attached hydrogens (tertiary/aromatic N) is 3. The van der Waals surface area contributed by atoms with Gasteiger partial charge in [-0.1, -0.05) is 42.5 Å². The van der Waals surface area contributed by atoms with Crippen molar-refractivity contribution < 1.29 is 18.0 Å². The molecule has 2 unspecified atom stereocenters. The Morgan fingerprint density at radius 2 is 1.67 bits per heavy atom. The predicted octanol–water partition coefficient (Wildman–Crippen LogP) is 3.56. The number of hydrogen-bond acceptors (Lipinski definition) is 5. The van der Waals surface area contributed by atoms with Crippen LogP contribution in [0.2, 0.25) is 0 Å². The number of sulfone groups is 1. The number of hydrogen-bond donors (Lipinski definition) is 0. The smallest absolute Gasteiger partial charge is 0.225 e. The number of carbonyl (C=O) groups is 2. The van der Waals surface area contributed by atoms with E-state index in [1.54, 1.807) is 12.1 Å². The molecule has 0 bridgehead atoms. The fourth-order valence-corrected chi connectivity index (χ4v) is 7.60. The minimum atomic E-state index is -3.23. The van der Waals surface area contributed by atoms with E-state index in [0.29, 0.717) is 35.6 Å². The van der Waals surface area contributed by atoms with Crippen molar-refractivity contribution >= 4 is 21.7 Å². The summed E-state index contributed by atoms with van der Waals surface area (Å²) in [5.74, 6) is 1.62. The Morgan fingerprint density at radius 1 is 0.974 bits per heavy atom. The van der Waals surface area contributed by atoms with Crippen LogP contribution in [-0.4, -0.2) is 80.5 Å². The van der Waals surface area contributed by atoms with Gasteiger partial charge in [0.2, 0.25) is 11.8 Å². The molecule has 3 saturated heterocycles. The lowest BCUT2D eigenvalue weighted by Crippen LogP contribution is -2.44. The van der Waals surface area contributed by atoms with E-state index < -0.39 is 9.84 Å². The molecule has 0 aromatic heterocycles. The highest BCUT2D eigenvalue weighted by Crippen LogP contribution is 2.43. The maximum atomic E-state index is 13.0. The molecule has 6 rings (SSSR count). The zero-order valence-corrected chi connectivity index (χ0v) is 23.6. The van der Waals surface area contributed by atoms with Gasteiger partial charge in [-0.15, -0.1) is 0 Å². The summed E-state index contributed by atoms with van der Waals surface area (Å²) in [7, 11) is -3.23. The molecule has 0 radical (unpaired) electrons. The first-order chi connectivity index (χ1) is 18.7. The van der Waals surface area contributed by atoms with Gasteiger partial charge in [-0.2, -0.15) is 0 Å². The number of likely N-dealkylation sites (tertiary alicyclic amines) is 3. The molecule has 8 heteroatoms. The van der Waals surface area contributed by atoms with Gasteiger partial charge in [0.05, 0.1) is 4.90 Å². The average molecular weight is 550 g/mol. The first-order valence-corrected chi connectivity index (χ1v) is 16.2. The predicted molar refractivity (Wildman–Crippen MR) is 150 cm³/mol. The molecule has 4 fully saturated rings. The molecule has 208 valence electrons. The van der Waals surface area contributed by atoms with E-state index in [1.165, 1.54) is 11.8 Å². The van der Waals surface area contributed by atoms with Crippen LogP contribution in [0.5, 0.6) is 0 Å². The Morgan fingerprint density at radius 3 is 2.31 bits per heavy atom. The van der Waals surface area contributed by atoms with Crippen molar-refractivity contribution in [1.82, 2.24) is 14.7 Å². The van der Waals surface area contributed by atoms with Gasteiger partial charge in [-0.05, 0) is 73.4 Å². The average Bonchev–Trinajstić information content (AvgIpc) is 3.62. The lowest BCUT2D eigenvalue weighted by molar-refractivity contribution is -0.131. The molecule has 2 atom stereocenters. The Kier molecular flexibility index (Phi) is 7.04. The summed E-state index contributed by atoms with van der Waals surface area (Å²) in [5, 5.41) is 0. The quantitative estimate of drug-likeness (QED) is 0.528. The number of rotatable bonds is 7. The monoisotopic (exact) mass is 549 g/mol. The van der Waals surface area contributed by atoms with Crippen molar-refractivity contribution in [1.29, 1.82) is 0 Å². The first-order valence-electron chi connectivity index (χ1n) is 14.3. The van der Waals surface area contributed by atoms with E-state index in [1.807, 2.05) is 17.0 Å². The highest BCUT2D eigenvalue weighted by Gasteiger charge is 2.46. The van der Waals surface area contributed by atoms with Crippen LogP contribution in [0.1, 0.15) is 49.1 Å². The summed E-state index contributed by atoms with van der Waals surface area (Å²) in [6.07, 6.45) is 5.92. The van der Waals surface area contributed by atoms with Gasteiger partial charge in [0.15, 0.2) is 9.84 Å². The third-order valence-electron chi connectivity index (χ3n) is 9.45. The topological polar surface area (TPSA) is 78.0 Å². The standard InChI is InChI=1S/C31H39N3O4S/c1-39(37,38)27-11-7-23(8-12-27)18-34-22-31(17-29(34)35)13-15-32(16-14-31)19-26-20-33(30(36)25-9-10-25)21-28(26)24-5-3-2-4-6-24/h2-8,11-12,25-26,28H,9-10,13-22H2,1H3. The minimum absolute atomic E-state index is 0.0305. The maximum Gasteiger partial charge on any atom is 0.225 e. The summed E-state index contributed by atoms with van der Waals surface area (Å²) in [4.78, 5) is 32.8. The second-order valence-corrected chi connectivity index (χ2v) is 14.5. The molecule has 2 aromatic carbocycles. The number of amides is 2. The van der Waals surface area contributed by atoms with Crippen molar-refractivity contribution in [3.05, 3.63) is 65.7 Å². The molecule has 4 aliphatic rings. The summed E-state index contributed by atoms with van der Waals surface area (Å²) in [6, 6.07) is 17.6. The lowest BCUT2D eigenvalue weighted by Gasteiger charge is -2.40. The molecule has 0 N–H and O–H groups in total. The Hall–Kier alpha value is -2.71. The van der Waals surface area contributed by atoms with Gasteiger partial charge in [-0.25, -0.2) is 8.42 Å². The van der Waals surface area contributed by atoms with Crippen LogP contribution in [0.15, 0.2) is 59.5 Å². The molecule has 3 heterocycles. The van der Waals surface area contributed by atoms with Gasteiger partial charge in [0.25, 0.3) is 0 Å². The second kappa shape index (κ2) is 10.4. The Labute approximate surface area is 232 Å². The maximum absolute atomic E-state index is 13.0. The molecule has 39 heavy (non-hydrogen) atoms. The van der Waals surface area contributed by atoms with Crippen LogP contribution in [0.3, 0.4) is 0 Å². The molecule has 2 aromatic rings. The molecule has 1 saturated carbocycles. The molecule has 1 aliphatic carbocycles. The largest absolute Gasteiger partial charge is 0.341 e. The highest BCUT2D eigenvalue weighted by molar-refractivity contribution is 7.90. The molecule has 2 amide bonds. The van der Waals surface area contributed by atoms with E-state index in [-0.39, 0.29) is 17.2 Å². The van der Waals surface area contributed by atoms with Crippen molar-refractivity contribution in [2.45, 2.75) is 49.5 Å². The van der Waals surface area contributed by atoms with Crippen molar-refractivity contribution in [3.8, 4) is 0 Å². The van der Waals surface area contributed by atoms with Gasteiger partial charge >= 0.3 is 0 Å². The van der Waals surface area contributed by atoms with Crippen molar-refractivity contribution in [3.63, 3.8) is 0 Å². The van der Waals surface area contributed by atoms with Gasteiger partial charge in [-0.3, -0.25) is 9.59 Å². The number of piperidine rings is 1. The summed E-state index contributed by atoms with van der Waals surface area (Å²) in [6.45, 7) is 5.94. The van der Waals surface area contributed by atoms with E-state index in [9.17, 15) is 18.0 Å². The van der Waals surface area contributed by atoms with Crippen LogP contribution in [-0.2, 0) is 26.0 Å². The fourth-order valence-electron chi connectivity index (χ4n) is 6.97. The summed E-state index contributed by atoms with van der Waals surface area (Å²) < 4.78 is 23.5. The Balaban J connectivity index is 1.06. The van der Waals surface area contributed by atoms with Gasteiger partial charge in [0, 0.05) is 57.2 Å². The molecule has 3 aliphatic heterocycles. The number of carbonyl (C=O) groups excluding carboxylic acids is 2. The second-order valence-electron chi connectivity index (χ2n) is 12.4. The van der Waals surface area contributed by atoms with Crippen LogP contribution in [0, 0.1) is 17.3 Å². The lowest BCUT2D eigenvalue weighted by atomic mass is 9.77. The summed E-state index contributed by atoms with van der Waals surface area (Å²) in [5.41, 5.74) is 2.33. The zero-order chi connectivity index (χ0) is 27.2. The van der Waals surface area contributed by atoms with Crippen LogP contribution in [0.25, 0.3) is 0 Å². The fraction of sp³-hybridized carbons (Fsp3) is 0.548. The number of benzene rings is 2. The minimum Gasteiger partial charge on any atom is -0.341 e. The SMILES string of the molecule is CS(=O)(=O)c1ccc(CN2CC3(CCN(CC4CN(C(=O)C5CC5)CC4c4ccccc4)CC3)CC2=O)cc1. The van der Waals surface area contributed by atoms with E-state index in [4.69, 9.17) is 0 Å². The Bertz CT molecular complexity index is 1320. The first kappa shape index (κ1) is 26.5. The van der Waals surface area contributed by atoms with Crippen LogP contribution in [0.4, 0.5) is 0 Å². The molecular weight excluding hydrogens is 510 g/mol. The van der Waals surface area contributed by atoms with Crippen molar-refractivity contribution in [2.24, 2.45) is 17.3 Å². The van der Waals surface area contributed by atoms with Gasteiger partial charge < -0.3 is 14.7 Å². The van der Waals surface area contributed by atoms with Crippen molar-refractivity contribution in [2.75, 3.05) is 45.5 Å². The highest BCUT2D eigenvalue weighted by atomic mass is 32.2. The van der Waals surface area contributed by atoms with Crippen LogP contribution >= 0.6 is 0 Å². The molecule has 7 nitrogen and oxygen atoms in total. The van der Waals surface area contributed by atoms with E-state index >= 15 is 0 Å². The summed E-state index contributed by atoms with van der Waals surface area (Å²) >= 11 is 0. The van der Waals surface area contributed by atoms with E-state index in [2.05, 4.69) is 40.1 Å². The molecule has 1 spiro atoms.